The summed E-state index contributed by atoms with van der Waals surface area (Å²) in [5, 5.41) is 0. The van der Waals surface area contributed by atoms with Crippen molar-refractivity contribution in [2.24, 2.45) is 14.1 Å². The van der Waals surface area contributed by atoms with E-state index in [0.29, 0.717) is 23.5 Å². The fourth-order valence-corrected chi connectivity index (χ4v) is 3.35. The molecule has 3 aromatic rings. The molecule has 0 radical (unpaired) electrons. The van der Waals surface area contributed by atoms with Crippen LogP contribution in [-0.4, -0.2) is 35.8 Å². The summed E-state index contributed by atoms with van der Waals surface area (Å²) in [5.41, 5.74) is 1.16. The van der Waals surface area contributed by atoms with Gasteiger partial charge in [0.05, 0.1) is 12.6 Å². The number of fused-ring (bicyclic) bond motifs is 3. The van der Waals surface area contributed by atoms with E-state index < -0.39 is 0 Å². The molecule has 0 saturated carbocycles. The van der Waals surface area contributed by atoms with E-state index in [1.807, 2.05) is 13.1 Å². The molecule has 1 unspecified atom stereocenters. The SMILES string of the molecule is Cc1cn2c3c(=O)n(C)c(=O)n(C)c3nc2n1CC1CCCO1. The van der Waals surface area contributed by atoms with Gasteiger partial charge in [-0.1, -0.05) is 0 Å². The van der Waals surface area contributed by atoms with Gasteiger partial charge in [0.2, 0.25) is 5.78 Å². The molecule has 0 amide bonds. The molecule has 1 saturated heterocycles. The topological polar surface area (TPSA) is 75.5 Å². The van der Waals surface area contributed by atoms with Crippen molar-refractivity contribution in [2.75, 3.05) is 6.61 Å². The monoisotopic (exact) mass is 317 g/mol. The van der Waals surface area contributed by atoms with Gasteiger partial charge in [0, 0.05) is 32.6 Å². The van der Waals surface area contributed by atoms with Crippen molar-refractivity contribution in [3.05, 3.63) is 32.7 Å². The van der Waals surface area contributed by atoms with Crippen LogP contribution in [0.4, 0.5) is 0 Å². The van der Waals surface area contributed by atoms with Crippen LogP contribution >= 0.6 is 0 Å². The predicted octanol–water partition coefficient (Wildman–Crippen LogP) is 0.174. The van der Waals surface area contributed by atoms with Gasteiger partial charge in [-0.15, -0.1) is 0 Å². The lowest BCUT2D eigenvalue weighted by molar-refractivity contribution is 0.0974. The molecule has 23 heavy (non-hydrogen) atoms. The van der Waals surface area contributed by atoms with E-state index in [0.717, 1.165) is 29.7 Å². The van der Waals surface area contributed by atoms with Gasteiger partial charge in [-0.3, -0.25) is 18.3 Å². The highest BCUT2D eigenvalue weighted by Crippen LogP contribution is 2.20. The molecule has 8 nitrogen and oxygen atoms in total. The highest BCUT2D eigenvalue weighted by Gasteiger charge is 2.22. The Labute approximate surface area is 131 Å². The first kappa shape index (κ1) is 14.3. The summed E-state index contributed by atoms with van der Waals surface area (Å²) in [6.45, 7) is 3.49. The molecule has 0 bridgehead atoms. The molecule has 0 aliphatic carbocycles. The molecule has 1 fully saturated rings. The van der Waals surface area contributed by atoms with E-state index in [9.17, 15) is 9.59 Å². The molecule has 1 atom stereocenters. The minimum Gasteiger partial charge on any atom is -0.376 e. The highest BCUT2D eigenvalue weighted by molar-refractivity contribution is 5.75. The fourth-order valence-electron chi connectivity index (χ4n) is 3.35. The Morgan fingerprint density at radius 1 is 1.30 bits per heavy atom. The maximum atomic E-state index is 12.5. The van der Waals surface area contributed by atoms with Crippen molar-refractivity contribution in [3.63, 3.8) is 0 Å². The standard InChI is InChI=1S/C15H19N5O3/c1-9-7-20-11-12(17(2)15(22)18(3)13(11)21)16-14(20)19(9)8-10-5-4-6-23-10/h7,10H,4-6,8H2,1-3H3. The van der Waals surface area contributed by atoms with Gasteiger partial charge in [0.25, 0.3) is 5.56 Å². The second-order valence-electron chi connectivity index (χ2n) is 6.18. The average molecular weight is 317 g/mol. The van der Waals surface area contributed by atoms with Gasteiger partial charge in [0.1, 0.15) is 0 Å². The number of imidazole rings is 2. The highest BCUT2D eigenvalue weighted by atomic mass is 16.5. The maximum Gasteiger partial charge on any atom is 0.332 e. The minimum atomic E-state index is -0.370. The minimum absolute atomic E-state index is 0.177. The van der Waals surface area contributed by atoms with Crippen molar-refractivity contribution in [2.45, 2.75) is 32.4 Å². The van der Waals surface area contributed by atoms with Crippen LogP contribution in [0, 0.1) is 6.92 Å². The van der Waals surface area contributed by atoms with Crippen LogP contribution in [0.2, 0.25) is 0 Å². The number of aromatic nitrogens is 5. The number of hydrogen-bond donors (Lipinski definition) is 0. The summed E-state index contributed by atoms with van der Waals surface area (Å²) in [4.78, 5) is 29.1. The van der Waals surface area contributed by atoms with E-state index >= 15 is 0 Å². The largest absolute Gasteiger partial charge is 0.376 e. The third-order valence-electron chi connectivity index (χ3n) is 4.67. The summed E-state index contributed by atoms with van der Waals surface area (Å²) >= 11 is 0. The summed E-state index contributed by atoms with van der Waals surface area (Å²) in [7, 11) is 3.12. The molecular weight excluding hydrogens is 298 g/mol. The van der Waals surface area contributed by atoms with Gasteiger partial charge in [-0.2, -0.15) is 4.98 Å². The Balaban J connectivity index is 2.01. The molecular formula is C15H19N5O3. The summed E-state index contributed by atoms with van der Waals surface area (Å²) < 4.78 is 12.1. The van der Waals surface area contributed by atoms with Crippen molar-refractivity contribution < 1.29 is 4.74 Å². The first-order valence-electron chi connectivity index (χ1n) is 7.74. The zero-order valence-corrected chi connectivity index (χ0v) is 13.4. The van der Waals surface area contributed by atoms with E-state index in [2.05, 4.69) is 9.55 Å². The normalized spacial score (nSPS) is 18.5. The first-order valence-corrected chi connectivity index (χ1v) is 7.74. The number of rotatable bonds is 2. The van der Waals surface area contributed by atoms with Crippen molar-refractivity contribution in [3.8, 4) is 0 Å². The zero-order valence-electron chi connectivity index (χ0n) is 13.4. The Kier molecular flexibility index (Phi) is 2.99. The Morgan fingerprint density at radius 3 is 2.78 bits per heavy atom. The van der Waals surface area contributed by atoms with Crippen molar-refractivity contribution >= 4 is 16.9 Å². The van der Waals surface area contributed by atoms with Gasteiger partial charge in [-0.25, -0.2) is 4.79 Å². The smallest absolute Gasteiger partial charge is 0.332 e. The molecule has 4 rings (SSSR count). The molecule has 1 aliphatic rings. The van der Waals surface area contributed by atoms with Crippen LogP contribution < -0.4 is 11.2 Å². The lowest BCUT2D eigenvalue weighted by Gasteiger charge is -2.11. The molecule has 1 aliphatic heterocycles. The van der Waals surface area contributed by atoms with Crippen molar-refractivity contribution in [1.82, 2.24) is 23.1 Å². The third kappa shape index (κ3) is 1.91. The van der Waals surface area contributed by atoms with Gasteiger partial charge in [0.15, 0.2) is 11.2 Å². The van der Waals surface area contributed by atoms with Crippen LogP contribution in [0.5, 0.6) is 0 Å². The van der Waals surface area contributed by atoms with Crippen LogP contribution in [-0.2, 0) is 25.4 Å². The molecule has 0 N–H and O–H groups in total. The molecule has 122 valence electrons. The van der Waals surface area contributed by atoms with Crippen LogP contribution in [0.1, 0.15) is 18.5 Å². The van der Waals surface area contributed by atoms with Gasteiger partial charge >= 0.3 is 5.69 Å². The number of aryl methyl sites for hydroxylation is 2. The Bertz CT molecular complexity index is 1030. The second-order valence-corrected chi connectivity index (χ2v) is 6.18. The van der Waals surface area contributed by atoms with Crippen molar-refractivity contribution in [1.29, 1.82) is 0 Å². The summed E-state index contributed by atoms with van der Waals surface area (Å²) in [5.74, 6) is 0.673. The molecule has 3 aromatic heterocycles. The van der Waals surface area contributed by atoms with Gasteiger partial charge < -0.3 is 9.30 Å². The Hall–Kier alpha value is -2.35. The Morgan fingerprint density at radius 2 is 2.09 bits per heavy atom. The molecule has 8 heteroatoms. The second kappa shape index (κ2) is 4.82. The van der Waals surface area contributed by atoms with E-state index in [1.165, 1.54) is 11.6 Å². The van der Waals surface area contributed by atoms with Crippen LogP contribution in [0.3, 0.4) is 0 Å². The van der Waals surface area contributed by atoms with Crippen LogP contribution in [0.15, 0.2) is 15.8 Å². The summed E-state index contributed by atoms with van der Waals surface area (Å²) in [6.07, 6.45) is 4.18. The molecule has 0 aromatic carbocycles. The van der Waals surface area contributed by atoms with E-state index in [1.54, 1.807) is 11.4 Å². The lowest BCUT2D eigenvalue weighted by Crippen LogP contribution is -2.37. The predicted molar refractivity (Wildman–Crippen MR) is 84.9 cm³/mol. The molecule has 4 heterocycles. The zero-order chi connectivity index (χ0) is 16.3. The fraction of sp³-hybridized carbons (Fsp3) is 0.533. The molecule has 0 spiro atoms. The third-order valence-corrected chi connectivity index (χ3v) is 4.67. The van der Waals surface area contributed by atoms with Gasteiger partial charge in [-0.05, 0) is 19.8 Å². The number of hydrogen-bond acceptors (Lipinski definition) is 4. The number of nitrogens with zero attached hydrogens (tertiary/aromatic N) is 5. The average Bonchev–Trinajstić information content (AvgIpc) is 3.21. The van der Waals surface area contributed by atoms with Crippen LogP contribution in [0.25, 0.3) is 16.9 Å². The van der Waals surface area contributed by atoms with E-state index in [-0.39, 0.29) is 17.4 Å². The first-order chi connectivity index (χ1) is 11.0. The number of ether oxygens (including phenoxy) is 1. The maximum absolute atomic E-state index is 12.5. The summed E-state index contributed by atoms with van der Waals surface area (Å²) in [6, 6.07) is 0. The lowest BCUT2D eigenvalue weighted by atomic mass is 10.2. The van der Waals surface area contributed by atoms with E-state index in [4.69, 9.17) is 4.74 Å². The quantitative estimate of drug-likeness (QED) is 0.675.